The van der Waals surface area contributed by atoms with Gasteiger partial charge in [-0.1, -0.05) is 18.5 Å². The van der Waals surface area contributed by atoms with Crippen LogP contribution < -0.4 is 5.43 Å². The molecule has 0 spiro atoms. The molecule has 7 nitrogen and oxygen atoms in total. The number of carbonyl (C=O) groups is 1. The minimum Gasteiger partial charge on any atom is -0.276 e. The van der Waals surface area contributed by atoms with E-state index in [9.17, 15) is 4.79 Å². The highest BCUT2D eigenvalue weighted by Gasteiger charge is 2.26. The molecule has 1 aliphatic rings. The number of nitrogens with zero attached hydrogens (tertiary/aromatic N) is 5. The van der Waals surface area contributed by atoms with Crippen LogP contribution >= 0.6 is 11.6 Å². The molecule has 0 aromatic heterocycles. The van der Waals surface area contributed by atoms with Crippen molar-refractivity contribution in [3.8, 4) is 12.1 Å². The van der Waals surface area contributed by atoms with Gasteiger partial charge in [-0.15, -0.1) is 0 Å². The predicted molar refractivity (Wildman–Crippen MR) is 86.8 cm³/mol. The predicted octanol–water partition coefficient (Wildman–Crippen LogP) is 2.36. The van der Waals surface area contributed by atoms with Crippen LogP contribution in [0.4, 0.5) is 5.69 Å². The molecule has 0 radical (unpaired) electrons. The van der Waals surface area contributed by atoms with Gasteiger partial charge in [-0.05, 0) is 18.2 Å². The molecule has 1 aliphatic heterocycles. The Hall–Kier alpha value is -2.90. The van der Waals surface area contributed by atoms with Gasteiger partial charge in [0.1, 0.15) is 12.1 Å². The number of halogens is 1. The molecule has 1 aromatic rings. The Morgan fingerprint density at radius 2 is 2.17 bits per heavy atom. The van der Waals surface area contributed by atoms with E-state index < -0.39 is 0 Å². The molecule has 1 aromatic carbocycles. The normalized spacial score (nSPS) is 16.9. The molecule has 116 valence electrons. The van der Waals surface area contributed by atoms with Gasteiger partial charge in [0.15, 0.2) is 0 Å². The summed E-state index contributed by atoms with van der Waals surface area (Å²) in [6, 6.07) is 8.40. The van der Waals surface area contributed by atoms with Crippen molar-refractivity contribution < 1.29 is 4.79 Å². The fourth-order valence-electron chi connectivity index (χ4n) is 2.11. The number of anilines is 1. The lowest BCUT2D eigenvalue weighted by molar-refractivity contribution is -0.131. The lowest BCUT2D eigenvalue weighted by atomic mass is 9.93. The zero-order valence-corrected chi connectivity index (χ0v) is 13.3. The number of amides is 1. The SMILES string of the molecule is CC1CC(=O)N(C)N=C1c1ccc(NN=C(C#N)C#N)cc1Cl. The number of nitriles is 2. The molecule has 0 aliphatic carbocycles. The molecule has 0 bridgehead atoms. The Balaban J connectivity index is 2.29. The highest BCUT2D eigenvalue weighted by atomic mass is 35.5. The Bertz CT molecular complexity index is 770. The third kappa shape index (κ3) is 3.65. The van der Waals surface area contributed by atoms with Crippen molar-refractivity contribution in [1.29, 1.82) is 10.5 Å². The first kappa shape index (κ1) is 16.5. The third-order valence-corrected chi connectivity index (χ3v) is 3.63. The summed E-state index contributed by atoms with van der Waals surface area (Å²) in [7, 11) is 1.61. The largest absolute Gasteiger partial charge is 0.276 e. The van der Waals surface area contributed by atoms with Crippen molar-refractivity contribution in [2.45, 2.75) is 13.3 Å². The summed E-state index contributed by atoms with van der Waals surface area (Å²) in [6.07, 6.45) is 0.379. The van der Waals surface area contributed by atoms with Crippen LogP contribution in [-0.2, 0) is 4.79 Å². The molecule has 1 amide bonds. The van der Waals surface area contributed by atoms with E-state index in [-0.39, 0.29) is 17.5 Å². The van der Waals surface area contributed by atoms with Crippen molar-refractivity contribution in [1.82, 2.24) is 5.01 Å². The van der Waals surface area contributed by atoms with Crippen molar-refractivity contribution in [2.24, 2.45) is 16.1 Å². The maximum atomic E-state index is 11.6. The monoisotopic (exact) mass is 328 g/mol. The minimum absolute atomic E-state index is 0.0307. The van der Waals surface area contributed by atoms with Gasteiger partial charge >= 0.3 is 0 Å². The highest BCUT2D eigenvalue weighted by Crippen LogP contribution is 2.27. The third-order valence-electron chi connectivity index (χ3n) is 3.32. The van der Waals surface area contributed by atoms with Crippen molar-refractivity contribution in [3.05, 3.63) is 28.8 Å². The molecule has 1 atom stereocenters. The first-order chi connectivity index (χ1) is 11.0. The number of hydrazone groups is 2. The smallest absolute Gasteiger partial charge is 0.243 e. The van der Waals surface area contributed by atoms with Gasteiger partial charge < -0.3 is 0 Å². The Morgan fingerprint density at radius 3 is 2.78 bits per heavy atom. The van der Waals surface area contributed by atoms with Crippen molar-refractivity contribution in [3.63, 3.8) is 0 Å². The Labute approximate surface area is 138 Å². The molecule has 2 rings (SSSR count). The molecule has 8 heteroatoms. The first-order valence-corrected chi connectivity index (χ1v) is 7.13. The van der Waals surface area contributed by atoms with Crippen molar-refractivity contribution in [2.75, 3.05) is 12.5 Å². The summed E-state index contributed by atoms with van der Waals surface area (Å²) in [5.41, 5.74) is 4.32. The molecule has 0 saturated heterocycles. The molecule has 0 fully saturated rings. The van der Waals surface area contributed by atoms with Gasteiger partial charge in [-0.2, -0.15) is 20.7 Å². The summed E-state index contributed by atoms with van der Waals surface area (Å²) >= 11 is 6.29. The second-order valence-corrected chi connectivity index (χ2v) is 5.41. The molecule has 1 unspecified atom stereocenters. The number of hydrogen-bond acceptors (Lipinski definition) is 6. The number of benzene rings is 1. The zero-order valence-electron chi connectivity index (χ0n) is 12.5. The van der Waals surface area contributed by atoms with E-state index in [0.717, 1.165) is 11.3 Å². The van der Waals surface area contributed by atoms with E-state index in [1.165, 1.54) is 5.01 Å². The number of nitrogens with one attached hydrogen (secondary N) is 1. The second-order valence-electron chi connectivity index (χ2n) is 5.00. The van der Waals surface area contributed by atoms with Crippen LogP contribution in [0.15, 0.2) is 28.4 Å². The van der Waals surface area contributed by atoms with Crippen LogP contribution in [0.1, 0.15) is 18.9 Å². The van der Waals surface area contributed by atoms with Crippen LogP contribution in [0.2, 0.25) is 5.02 Å². The Morgan fingerprint density at radius 1 is 1.48 bits per heavy atom. The van der Waals surface area contributed by atoms with Crippen LogP contribution in [0.3, 0.4) is 0 Å². The summed E-state index contributed by atoms with van der Waals surface area (Å²) in [5.74, 6) is -0.0673. The molecule has 1 heterocycles. The van der Waals surface area contributed by atoms with E-state index in [2.05, 4.69) is 15.6 Å². The Kier molecular flexibility index (Phi) is 4.95. The molecular formula is C15H13ClN6O. The average molecular weight is 329 g/mol. The average Bonchev–Trinajstić information content (AvgIpc) is 2.52. The van der Waals surface area contributed by atoms with Crippen LogP contribution in [0.25, 0.3) is 0 Å². The van der Waals surface area contributed by atoms with E-state index in [0.29, 0.717) is 17.1 Å². The first-order valence-electron chi connectivity index (χ1n) is 6.75. The van der Waals surface area contributed by atoms with Crippen LogP contribution in [0.5, 0.6) is 0 Å². The van der Waals surface area contributed by atoms with E-state index >= 15 is 0 Å². The van der Waals surface area contributed by atoms with Gasteiger partial charge in [0, 0.05) is 24.9 Å². The van der Waals surface area contributed by atoms with Gasteiger partial charge in [0.2, 0.25) is 11.6 Å². The molecule has 23 heavy (non-hydrogen) atoms. The van der Waals surface area contributed by atoms with Gasteiger partial charge in [-0.3, -0.25) is 10.2 Å². The number of hydrogen-bond donors (Lipinski definition) is 1. The fourth-order valence-corrected chi connectivity index (χ4v) is 2.39. The zero-order chi connectivity index (χ0) is 17.0. The number of rotatable bonds is 3. The van der Waals surface area contributed by atoms with Crippen LogP contribution in [-0.4, -0.2) is 29.4 Å². The topological polar surface area (TPSA) is 105 Å². The summed E-state index contributed by atoms with van der Waals surface area (Å²) < 4.78 is 0. The minimum atomic E-state index is -0.282. The summed E-state index contributed by atoms with van der Waals surface area (Å²) in [5, 5.41) is 27.0. The van der Waals surface area contributed by atoms with Gasteiger partial charge in [0.25, 0.3) is 0 Å². The van der Waals surface area contributed by atoms with E-state index in [1.54, 1.807) is 37.4 Å². The van der Waals surface area contributed by atoms with Crippen LogP contribution in [0, 0.1) is 28.6 Å². The van der Waals surface area contributed by atoms with Crippen molar-refractivity contribution >= 4 is 34.6 Å². The lowest BCUT2D eigenvalue weighted by Gasteiger charge is -2.25. The quantitative estimate of drug-likeness (QED) is 0.679. The maximum absolute atomic E-state index is 11.6. The maximum Gasteiger partial charge on any atom is 0.243 e. The summed E-state index contributed by atoms with van der Waals surface area (Å²) in [4.78, 5) is 11.6. The van der Waals surface area contributed by atoms with Gasteiger partial charge in [-0.25, -0.2) is 5.01 Å². The summed E-state index contributed by atoms with van der Waals surface area (Å²) in [6.45, 7) is 1.92. The number of carbonyl (C=O) groups excluding carboxylic acids is 1. The van der Waals surface area contributed by atoms with Gasteiger partial charge in [0.05, 0.1) is 16.4 Å². The van der Waals surface area contributed by atoms with E-state index in [1.807, 2.05) is 6.92 Å². The molecule has 1 N–H and O–H groups in total. The van der Waals surface area contributed by atoms with E-state index in [4.69, 9.17) is 22.1 Å². The molecular weight excluding hydrogens is 316 g/mol. The molecule has 0 saturated carbocycles. The fraction of sp³-hybridized carbons (Fsp3) is 0.267. The highest BCUT2D eigenvalue weighted by molar-refractivity contribution is 6.34. The lowest BCUT2D eigenvalue weighted by Crippen LogP contribution is -2.33. The standard InChI is InChI=1S/C15H13ClN6O/c1-9-5-14(23)22(2)21-15(9)12-4-3-10(6-13(12)16)19-20-11(7-17)8-18/h3-4,6,9,19H,5H2,1-2H3. The second kappa shape index (κ2) is 6.91.